The SMILES string of the molecule is CNC(CC1CN(C)CCN1)c1ccccc1F. The van der Waals surface area contributed by atoms with Gasteiger partial charge in [-0.1, -0.05) is 18.2 Å². The van der Waals surface area contributed by atoms with Gasteiger partial charge in [0.1, 0.15) is 5.82 Å². The predicted molar refractivity (Wildman–Crippen MR) is 72.1 cm³/mol. The highest BCUT2D eigenvalue weighted by molar-refractivity contribution is 5.21. The molecular weight excluding hydrogens is 229 g/mol. The Balaban J connectivity index is 2.03. The molecule has 1 aromatic rings. The summed E-state index contributed by atoms with van der Waals surface area (Å²) in [5.74, 6) is -0.124. The number of halogens is 1. The van der Waals surface area contributed by atoms with E-state index in [0.29, 0.717) is 6.04 Å². The van der Waals surface area contributed by atoms with E-state index in [-0.39, 0.29) is 11.9 Å². The summed E-state index contributed by atoms with van der Waals surface area (Å²) in [5.41, 5.74) is 0.759. The highest BCUT2D eigenvalue weighted by Crippen LogP contribution is 2.21. The second kappa shape index (κ2) is 6.27. The maximum atomic E-state index is 13.8. The molecule has 0 bridgehead atoms. The van der Waals surface area contributed by atoms with Crippen LogP contribution in [-0.2, 0) is 0 Å². The second-order valence-electron chi connectivity index (χ2n) is 5.01. The third-order valence-corrected chi connectivity index (χ3v) is 3.61. The second-order valence-corrected chi connectivity index (χ2v) is 5.01. The van der Waals surface area contributed by atoms with Crippen molar-refractivity contribution in [2.75, 3.05) is 33.7 Å². The molecule has 2 rings (SSSR count). The van der Waals surface area contributed by atoms with Gasteiger partial charge in [0.25, 0.3) is 0 Å². The zero-order chi connectivity index (χ0) is 13.0. The van der Waals surface area contributed by atoms with E-state index in [2.05, 4.69) is 22.6 Å². The molecular formula is C14H22FN3. The molecule has 4 heteroatoms. The molecule has 0 aromatic heterocycles. The van der Waals surface area contributed by atoms with Gasteiger partial charge in [-0.25, -0.2) is 4.39 Å². The minimum absolute atomic E-state index is 0.0650. The molecule has 0 amide bonds. The highest BCUT2D eigenvalue weighted by Gasteiger charge is 2.22. The molecule has 1 saturated heterocycles. The number of hydrogen-bond donors (Lipinski definition) is 2. The molecule has 2 N–H and O–H groups in total. The van der Waals surface area contributed by atoms with Gasteiger partial charge in [0, 0.05) is 37.3 Å². The first-order chi connectivity index (χ1) is 8.70. The summed E-state index contributed by atoms with van der Waals surface area (Å²) in [6.45, 7) is 3.11. The lowest BCUT2D eigenvalue weighted by Gasteiger charge is -2.33. The summed E-state index contributed by atoms with van der Waals surface area (Å²) >= 11 is 0. The van der Waals surface area contributed by atoms with Gasteiger partial charge in [-0.15, -0.1) is 0 Å². The lowest BCUT2D eigenvalue weighted by molar-refractivity contribution is 0.221. The van der Waals surface area contributed by atoms with Crippen molar-refractivity contribution in [3.8, 4) is 0 Å². The van der Waals surface area contributed by atoms with Gasteiger partial charge in [0.05, 0.1) is 0 Å². The molecule has 0 radical (unpaired) electrons. The van der Waals surface area contributed by atoms with E-state index in [1.807, 2.05) is 19.2 Å². The van der Waals surface area contributed by atoms with Gasteiger partial charge >= 0.3 is 0 Å². The number of piperazine rings is 1. The van der Waals surface area contributed by atoms with E-state index < -0.39 is 0 Å². The molecule has 1 aliphatic rings. The van der Waals surface area contributed by atoms with Crippen LogP contribution in [0.4, 0.5) is 4.39 Å². The Morgan fingerprint density at radius 1 is 1.50 bits per heavy atom. The molecule has 3 nitrogen and oxygen atoms in total. The van der Waals surface area contributed by atoms with E-state index in [4.69, 9.17) is 0 Å². The monoisotopic (exact) mass is 251 g/mol. The summed E-state index contributed by atoms with van der Waals surface area (Å²) in [6.07, 6.45) is 0.905. The maximum absolute atomic E-state index is 13.8. The maximum Gasteiger partial charge on any atom is 0.127 e. The van der Waals surface area contributed by atoms with Crippen LogP contribution >= 0.6 is 0 Å². The van der Waals surface area contributed by atoms with Crippen molar-refractivity contribution in [2.24, 2.45) is 0 Å². The lowest BCUT2D eigenvalue weighted by atomic mass is 9.98. The number of rotatable bonds is 4. The van der Waals surface area contributed by atoms with Gasteiger partial charge < -0.3 is 15.5 Å². The fourth-order valence-electron chi connectivity index (χ4n) is 2.59. The Hall–Kier alpha value is -0.970. The molecule has 100 valence electrons. The van der Waals surface area contributed by atoms with Crippen LogP contribution < -0.4 is 10.6 Å². The summed E-state index contributed by atoms with van der Waals surface area (Å²) < 4.78 is 13.8. The van der Waals surface area contributed by atoms with Crippen molar-refractivity contribution < 1.29 is 4.39 Å². The number of hydrogen-bond acceptors (Lipinski definition) is 3. The van der Waals surface area contributed by atoms with Crippen LogP contribution in [0.15, 0.2) is 24.3 Å². The minimum atomic E-state index is -0.124. The summed E-state index contributed by atoms with van der Waals surface area (Å²) in [5, 5.41) is 6.72. The normalized spacial score (nSPS) is 22.9. The third kappa shape index (κ3) is 3.28. The Morgan fingerprint density at radius 3 is 2.94 bits per heavy atom. The van der Waals surface area contributed by atoms with Gasteiger partial charge in [0.15, 0.2) is 0 Å². The van der Waals surface area contributed by atoms with Crippen LogP contribution in [0, 0.1) is 5.82 Å². The molecule has 2 atom stereocenters. The Morgan fingerprint density at radius 2 is 2.28 bits per heavy atom. The van der Waals surface area contributed by atoms with Crippen molar-refractivity contribution in [1.29, 1.82) is 0 Å². The largest absolute Gasteiger partial charge is 0.313 e. The van der Waals surface area contributed by atoms with Crippen molar-refractivity contribution in [1.82, 2.24) is 15.5 Å². The molecule has 0 aliphatic carbocycles. The molecule has 0 saturated carbocycles. The van der Waals surface area contributed by atoms with Crippen molar-refractivity contribution >= 4 is 0 Å². The quantitative estimate of drug-likeness (QED) is 0.846. The molecule has 1 heterocycles. The number of nitrogens with zero attached hydrogens (tertiary/aromatic N) is 1. The fourth-order valence-corrected chi connectivity index (χ4v) is 2.59. The standard InChI is InChI=1S/C14H22FN3/c1-16-14(12-5-3-4-6-13(12)15)9-11-10-18(2)8-7-17-11/h3-6,11,14,16-17H,7-10H2,1-2H3. The van der Waals surface area contributed by atoms with E-state index in [1.165, 1.54) is 6.07 Å². The van der Waals surface area contributed by atoms with Crippen molar-refractivity contribution in [3.63, 3.8) is 0 Å². The van der Waals surface area contributed by atoms with Crippen LogP contribution in [-0.4, -0.2) is 44.7 Å². The molecule has 1 aromatic carbocycles. The first-order valence-corrected chi connectivity index (χ1v) is 6.54. The first kappa shape index (κ1) is 13.5. The topological polar surface area (TPSA) is 27.3 Å². The summed E-state index contributed by atoms with van der Waals surface area (Å²) in [6, 6.07) is 7.50. The summed E-state index contributed by atoms with van der Waals surface area (Å²) in [4.78, 5) is 2.31. The van der Waals surface area contributed by atoms with Crippen molar-refractivity contribution in [2.45, 2.75) is 18.5 Å². The zero-order valence-corrected chi connectivity index (χ0v) is 11.1. The molecule has 1 fully saturated rings. The van der Waals surface area contributed by atoms with E-state index in [1.54, 1.807) is 6.07 Å². The zero-order valence-electron chi connectivity index (χ0n) is 11.1. The molecule has 2 unspecified atom stereocenters. The number of likely N-dealkylation sites (N-methyl/N-ethyl adjacent to an activating group) is 1. The Kier molecular flexibility index (Phi) is 4.69. The van der Waals surface area contributed by atoms with Crippen LogP contribution in [0.5, 0.6) is 0 Å². The number of nitrogens with one attached hydrogen (secondary N) is 2. The first-order valence-electron chi connectivity index (χ1n) is 6.54. The van der Waals surface area contributed by atoms with Crippen LogP contribution in [0.3, 0.4) is 0 Å². The third-order valence-electron chi connectivity index (χ3n) is 3.61. The Labute approximate surface area is 108 Å². The fraction of sp³-hybridized carbons (Fsp3) is 0.571. The summed E-state index contributed by atoms with van der Waals surface area (Å²) in [7, 11) is 4.02. The van der Waals surface area contributed by atoms with Crippen LogP contribution in [0.1, 0.15) is 18.0 Å². The predicted octanol–water partition coefficient (Wildman–Crippen LogP) is 1.38. The average molecular weight is 251 g/mol. The smallest absolute Gasteiger partial charge is 0.127 e. The van der Waals surface area contributed by atoms with Crippen LogP contribution in [0.25, 0.3) is 0 Å². The molecule has 0 spiro atoms. The highest BCUT2D eigenvalue weighted by atomic mass is 19.1. The van der Waals surface area contributed by atoms with Gasteiger partial charge in [0.2, 0.25) is 0 Å². The van der Waals surface area contributed by atoms with E-state index in [0.717, 1.165) is 31.6 Å². The Bertz CT molecular complexity index is 383. The van der Waals surface area contributed by atoms with E-state index >= 15 is 0 Å². The van der Waals surface area contributed by atoms with Gasteiger partial charge in [-0.3, -0.25) is 0 Å². The van der Waals surface area contributed by atoms with E-state index in [9.17, 15) is 4.39 Å². The van der Waals surface area contributed by atoms with Crippen molar-refractivity contribution in [3.05, 3.63) is 35.6 Å². The van der Waals surface area contributed by atoms with Gasteiger partial charge in [-0.05, 0) is 26.6 Å². The lowest BCUT2D eigenvalue weighted by Crippen LogP contribution is -2.50. The molecule has 18 heavy (non-hydrogen) atoms. The number of benzene rings is 1. The van der Waals surface area contributed by atoms with Crippen LogP contribution in [0.2, 0.25) is 0 Å². The van der Waals surface area contributed by atoms with Gasteiger partial charge in [-0.2, -0.15) is 0 Å². The minimum Gasteiger partial charge on any atom is -0.313 e. The molecule has 1 aliphatic heterocycles. The average Bonchev–Trinajstić information content (AvgIpc) is 2.37.